The van der Waals surface area contributed by atoms with Crippen LogP contribution in [0, 0.1) is 0 Å². The predicted molar refractivity (Wildman–Crippen MR) is 117 cm³/mol. The molecule has 29 heavy (non-hydrogen) atoms. The summed E-state index contributed by atoms with van der Waals surface area (Å²) in [6.07, 6.45) is 6.23. The maximum atomic E-state index is 12.2. The minimum Gasteiger partial charge on any atom is -0.350 e. The number of carbonyl (C=O) groups excluding carboxylic acids is 1. The molecule has 1 aromatic carbocycles. The molecule has 7 heteroatoms. The lowest BCUT2D eigenvalue weighted by Crippen LogP contribution is -2.31. The molecule has 1 N–H and O–H groups in total. The van der Waals surface area contributed by atoms with Crippen LogP contribution in [0.15, 0.2) is 66.6 Å². The smallest absolute Gasteiger partial charge is 0.251 e. The Morgan fingerprint density at radius 1 is 1.21 bits per heavy atom. The van der Waals surface area contributed by atoms with Crippen LogP contribution in [0.3, 0.4) is 0 Å². The Morgan fingerprint density at radius 2 is 1.93 bits per heavy atom. The number of nitrogens with zero attached hydrogens (tertiary/aromatic N) is 4. The van der Waals surface area contributed by atoms with Crippen molar-refractivity contribution in [3.63, 3.8) is 0 Å². The topological polar surface area (TPSA) is 72.7 Å². The molecule has 0 aliphatic rings. The molecule has 2 aromatic heterocycles. The molecule has 1 atom stereocenters. The molecule has 150 valence electrons. The number of rotatable bonds is 9. The number of nitrogens with one attached hydrogen (secondary N) is 1. The first-order valence-corrected chi connectivity index (χ1v) is 10.6. The highest BCUT2D eigenvalue weighted by atomic mass is 32.2. The summed E-state index contributed by atoms with van der Waals surface area (Å²) >= 11 is 1.61. The van der Waals surface area contributed by atoms with Gasteiger partial charge in [0.25, 0.3) is 5.91 Å². The number of hydrogen-bond donors (Lipinski definition) is 1. The van der Waals surface area contributed by atoms with E-state index in [1.165, 1.54) is 0 Å². The summed E-state index contributed by atoms with van der Waals surface area (Å²) in [5, 5.41) is 12.5. The standard InChI is InChI=1S/C22H25N5OS/c1-4-14-27-20(18-10-12-23-13-11-18)25-26-22(27)29-15-17-6-8-19(9-7-17)21(28)24-16(3)5-2/h4,6-13,16H,1,5,14-15H2,2-3H3,(H,24,28)/t16-/m1/s1. The van der Waals surface area contributed by atoms with Crippen LogP contribution in [0.5, 0.6) is 0 Å². The van der Waals surface area contributed by atoms with Crippen molar-refractivity contribution in [1.29, 1.82) is 0 Å². The average Bonchev–Trinajstić information content (AvgIpc) is 3.16. The van der Waals surface area contributed by atoms with Gasteiger partial charge in [0.05, 0.1) is 0 Å². The van der Waals surface area contributed by atoms with Crippen molar-refractivity contribution in [3.05, 3.63) is 72.6 Å². The number of carbonyl (C=O) groups is 1. The summed E-state index contributed by atoms with van der Waals surface area (Å²) in [7, 11) is 0. The normalized spacial score (nSPS) is 11.8. The first-order valence-electron chi connectivity index (χ1n) is 9.59. The van der Waals surface area contributed by atoms with Crippen LogP contribution < -0.4 is 5.32 Å². The summed E-state index contributed by atoms with van der Waals surface area (Å²) < 4.78 is 2.04. The van der Waals surface area contributed by atoms with E-state index >= 15 is 0 Å². The zero-order valence-corrected chi connectivity index (χ0v) is 17.5. The summed E-state index contributed by atoms with van der Waals surface area (Å²) in [6, 6.07) is 11.7. The van der Waals surface area contributed by atoms with Crippen LogP contribution >= 0.6 is 11.8 Å². The van der Waals surface area contributed by atoms with Gasteiger partial charge in [-0.2, -0.15) is 0 Å². The van der Waals surface area contributed by atoms with Gasteiger partial charge in [-0.25, -0.2) is 0 Å². The maximum Gasteiger partial charge on any atom is 0.251 e. The number of thioether (sulfide) groups is 1. The van der Waals surface area contributed by atoms with E-state index in [2.05, 4.69) is 34.0 Å². The first kappa shape index (κ1) is 20.8. The molecule has 2 heterocycles. The number of benzene rings is 1. The molecule has 0 spiro atoms. The fraction of sp³-hybridized carbons (Fsp3) is 0.273. The molecule has 0 aliphatic heterocycles. The van der Waals surface area contributed by atoms with E-state index in [1.807, 2.05) is 54.0 Å². The Labute approximate surface area is 175 Å². The van der Waals surface area contributed by atoms with Gasteiger partial charge in [-0.3, -0.25) is 14.3 Å². The van der Waals surface area contributed by atoms with E-state index in [4.69, 9.17) is 0 Å². The molecule has 0 unspecified atom stereocenters. The number of amides is 1. The molecule has 0 saturated heterocycles. The Morgan fingerprint density at radius 3 is 2.59 bits per heavy atom. The lowest BCUT2D eigenvalue weighted by molar-refractivity contribution is 0.0939. The van der Waals surface area contributed by atoms with Crippen LogP contribution in [-0.4, -0.2) is 31.7 Å². The second-order valence-corrected chi connectivity index (χ2v) is 7.65. The average molecular weight is 408 g/mol. The van der Waals surface area contributed by atoms with Crippen molar-refractivity contribution >= 4 is 17.7 Å². The van der Waals surface area contributed by atoms with Gasteiger partial charge in [0.15, 0.2) is 11.0 Å². The Hall–Kier alpha value is -2.93. The van der Waals surface area contributed by atoms with E-state index in [0.717, 1.165) is 34.3 Å². The molecule has 0 bridgehead atoms. The minimum absolute atomic E-state index is 0.0359. The van der Waals surface area contributed by atoms with Gasteiger partial charge in [-0.05, 0) is 43.2 Å². The van der Waals surface area contributed by atoms with Crippen LogP contribution in [0.4, 0.5) is 0 Å². The highest BCUT2D eigenvalue weighted by molar-refractivity contribution is 7.98. The fourth-order valence-corrected chi connectivity index (χ4v) is 3.62. The first-order chi connectivity index (χ1) is 14.1. The van der Waals surface area contributed by atoms with E-state index in [-0.39, 0.29) is 11.9 Å². The summed E-state index contributed by atoms with van der Waals surface area (Å²) in [4.78, 5) is 16.3. The van der Waals surface area contributed by atoms with Crippen molar-refractivity contribution in [2.75, 3.05) is 0 Å². The summed E-state index contributed by atoms with van der Waals surface area (Å²) in [5.74, 6) is 1.50. The third kappa shape index (κ3) is 5.32. The quantitative estimate of drug-likeness (QED) is 0.422. The molecule has 0 radical (unpaired) electrons. The molecule has 3 aromatic rings. The number of aromatic nitrogens is 4. The third-order valence-electron chi connectivity index (χ3n) is 4.54. The minimum atomic E-state index is -0.0359. The third-order valence-corrected chi connectivity index (χ3v) is 5.58. The Kier molecular flexibility index (Phi) is 7.19. The van der Waals surface area contributed by atoms with Gasteiger partial charge in [0.2, 0.25) is 0 Å². The molecule has 0 fully saturated rings. The molecule has 1 amide bonds. The van der Waals surface area contributed by atoms with Crippen molar-refractivity contribution in [2.24, 2.45) is 0 Å². The molecule has 3 rings (SSSR count). The zero-order valence-electron chi connectivity index (χ0n) is 16.7. The van der Waals surface area contributed by atoms with Crippen molar-refractivity contribution < 1.29 is 4.79 Å². The fourth-order valence-electron chi connectivity index (χ4n) is 2.71. The maximum absolute atomic E-state index is 12.2. The van der Waals surface area contributed by atoms with Gasteiger partial charge in [0, 0.05) is 41.9 Å². The van der Waals surface area contributed by atoms with Gasteiger partial charge in [-0.15, -0.1) is 16.8 Å². The molecule has 6 nitrogen and oxygen atoms in total. The van der Waals surface area contributed by atoms with Gasteiger partial charge in [-0.1, -0.05) is 36.9 Å². The number of hydrogen-bond acceptors (Lipinski definition) is 5. The highest BCUT2D eigenvalue weighted by Crippen LogP contribution is 2.26. The van der Waals surface area contributed by atoms with Gasteiger partial charge in [0.1, 0.15) is 0 Å². The van der Waals surface area contributed by atoms with Crippen molar-refractivity contribution in [3.8, 4) is 11.4 Å². The lowest BCUT2D eigenvalue weighted by Gasteiger charge is -2.11. The van der Waals surface area contributed by atoms with Crippen LogP contribution in [0.1, 0.15) is 36.2 Å². The second-order valence-electron chi connectivity index (χ2n) is 6.71. The van der Waals surface area contributed by atoms with Crippen molar-refractivity contribution in [1.82, 2.24) is 25.1 Å². The van der Waals surface area contributed by atoms with Gasteiger partial charge >= 0.3 is 0 Å². The lowest BCUT2D eigenvalue weighted by atomic mass is 10.1. The molecule has 0 saturated carbocycles. The zero-order chi connectivity index (χ0) is 20.6. The Balaban J connectivity index is 1.69. The molecular formula is C22H25N5OS. The van der Waals surface area contributed by atoms with Crippen LogP contribution in [0.25, 0.3) is 11.4 Å². The van der Waals surface area contributed by atoms with E-state index in [9.17, 15) is 4.79 Å². The second kappa shape index (κ2) is 10.0. The van der Waals surface area contributed by atoms with Crippen LogP contribution in [-0.2, 0) is 12.3 Å². The summed E-state index contributed by atoms with van der Waals surface area (Å²) in [5.41, 5.74) is 2.76. The Bertz CT molecular complexity index is 953. The van der Waals surface area contributed by atoms with Crippen LogP contribution in [0.2, 0.25) is 0 Å². The molecule has 0 aliphatic carbocycles. The number of pyridine rings is 1. The van der Waals surface area contributed by atoms with E-state index in [0.29, 0.717) is 12.1 Å². The largest absolute Gasteiger partial charge is 0.350 e. The summed E-state index contributed by atoms with van der Waals surface area (Å²) in [6.45, 7) is 8.53. The monoisotopic (exact) mass is 407 g/mol. The van der Waals surface area contributed by atoms with E-state index < -0.39 is 0 Å². The SMILES string of the molecule is C=CCn1c(SCc2ccc(C(=O)N[C@H](C)CC)cc2)nnc1-c1ccncc1. The number of allylic oxidation sites excluding steroid dienone is 1. The highest BCUT2D eigenvalue weighted by Gasteiger charge is 2.14. The van der Waals surface area contributed by atoms with E-state index in [1.54, 1.807) is 24.2 Å². The molecular weight excluding hydrogens is 382 g/mol. The predicted octanol–water partition coefficient (Wildman–Crippen LogP) is 4.35. The van der Waals surface area contributed by atoms with Crippen molar-refractivity contribution in [2.45, 2.75) is 43.8 Å². The van der Waals surface area contributed by atoms with Gasteiger partial charge < -0.3 is 5.32 Å².